The van der Waals surface area contributed by atoms with Gasteiger partial charge in [0.25, 0.3) is 5.89 Å². The molecule has 0 saturated carbocycles. The van der Waals surface area contributed by atoms with E-state index in [1.807, 2.05) is 18.2 Å². The Hall–Kier alpha value is -1.82. The van der Waals surface area contributed by atoms with Gasteiger partial charge < -0.3 is 9.40 Å². The van der Waals surface area contributed by atoms with Crippen LogP contribution in [0, 0.1) is 0 Å². The van der Waals surface area contributed by atoms with Crippen molar-refractivity contribution in [1.29, 1.82) is 0 Å². The van der Waals surface area contributed by atoms with Crippen LogP contribution < -0.4 is 5.76 Å². The molecule has 0 amide bonds. The Morgan fingerprint density at radius 3 is 3.00 bits per heavy atom. The number of benzene rings is 1. The van der Waals surface area contributed by atoms with E-state index in [1.165, 1.54) is 0 Å². The van der Waals surface area contributed by atoms with Crippen LogP contribution in [-0.2, 0) is 0 Å². The molecule has 1 aromatic carbocycles. The van der Waals surface area contributed by atoms with E-state index in [0.717, 1.165) is 20.9 Å². The summed E-state index contributed by atoms with van der Waals surface area (Å²) in [6, 6.07) is 5.78. The molecule has 3 rings (SSSR count). The average molecular weight is 280 g/mol. The van der Waals surface area contributed by atoms with Gasteiger partial charge in [-0.15, -0.1) is 5.10 Å². The van der Waals surface area contributed by atoms with Gasteiger partial charge in [0.05, 0.1) is 5.56 Å². The van der Waals surface area contributed by atoms with Gasteiger partial charge in [-0.05, 0) is 12.1 Å². The first-order chi connectivity index (χ1) is 7.75. The van der Waals surface area contributed by atoms with Crippen molar-refractivity contribution < 1.29 is 4.42 Å². The van der Waals surface area contributed by atoms with Crippen LogP contribution in [0.25, 0.3) is 22.4 Å². The monoisotopic (exact) mass is 279 g/mol. The van der Waals surface area contributed by atoms with Gasteiger partial charge in [0, 0.05) is 21.6 Å². The van der Waals surface area contributed by atoms with E-state index in [1.54, 1.807) is 6.20 Å². The number of hydrogen-bond donors (Lipinski definition) is 2. The van der Waals surface area contributed by atoms with Crippen molar-refractivity contribution >= 4 is 26.8 Å². The lowest BCUT2D eigenvalue weighted by Crippen LogP contribution is -1.93. The van der Waals surface area contributed by atoms with Crippen LogP contribution in [0.3, 0.4) is 0 Å². The predicted octanol–water partition coefficient (Wildman–Crippen LogP) is 2.27. The quantitative estimate of drug-likeness (QED) is 0.718. The Balaban J connectivity index is 2.36. The highest BCUT2D eigenvalue weighted by Gasteiger charge is 2.13. The van der Waals surface area contributed by atoms with Gasteiger partial charge in [-0.3, -0.25) is 0 Å². The number of halogens is 1. The zero-order valence-corrected chi connectivity index (χ0v) is 9.54. The van der Waals surface area contributed by atoms with Gasteiger partial charge in [0.1, 0.15) is 0 Å². The zero-order chi connectivity index (χ0) is 11.1. The van der Waals surface area contributed by atoms with Gasteiger partial charge in [0.2, 0.25) is 0 Å². The third-order valence-electron chi connectivity index (χ3n) is 2.32. The van der Waals surface area contributed by atoms with Gasteiger partial charge >= 0.3 is 5.76 Å². The molecule has 0 radical (unpaired) electrons. The molecule has 2 heterocycles. The summed E-state index contributed by atoms with van der Waals surface area (Å²) in [4.78, 5) is 14.0. The van der Waals surface area contributed by atoms with Gasteiger partial charge in [-0.1, -0.05) is 22.0 Å². The lowest BCUT2D eigenvalue weighted by molar-refractivity contribution is 0.527. The molecule has 16 heavy (non-hydrogen) atoms. The fourth-order valence-electron chi connectivity index (χ4n) is 1.65. The molecule has 0 unspecified atom stereocenters. The number of aromatic amines is 2. The van der Waals surface area contributed by atoms with Crippen molar-refractivity contribution in [3.05, 3.63) is 39.4 Å². The van der Waals surface area contributed by atoms with Crippen LogP contribution in [-0.4, -0.2) is 15.2 Å². The average Bonchev–Trinajstić information content (AvgIpc) is 2.84. The van der Waals surface area contributed by atoms with Crippen molar-refractivity contribution in [1.82, 2.24) is 15.2 Å². The molecule has 0 aliphatic heterocycles. The van der Waals surface area contributed by atoms with E-state index in [-0.39, 0.29) is 5.89 Å². The fourth-order valence-corrected chi connectivity index (χ4v) is 2.23. The second-order valence-electron chi connectivity index (χ2n) is 3.28. The first-order valence-corrected chi connectivity index (χ1v) is 5.36. The lowest BCUT2D eigenvalue weighted by atomic mass is 10.2. The van der Waals surface area contributed by atoms with Crippen molar-refractivity contribution in [3.8, 4) is 11.5 Å². The maximum absolute atomic E-state index is 10.9. The van der Waals surface area contributed by atoms with E-state index in [4.69, 9.17) is 4.42 Å². The second-order valence-corrected chi connectivity index (χ2v) is 4.14. The lowest BCUT2D eigenvalue weighted by Gasteiger charge is -1.95. The van der Waals surface area contributed by atoms with E-state index >= 15 is 0 Å². The number of nitrogens with one attached hydrogen (secondary N) is 2. The van der Waals surface area contributed by atoms with Crippen molar-refractivity contribution in [3.63, 3.8) is 0 Å². The first kappa shape index (κ1) is 9.41. The number of rotatable bonds is 1. The molecule has 0 aliphatic carbocycles. The zero-order valence-electron chi connectivity index (χ0n) is 7.95. The number of aromatic nitrogens is 3. The largest absolute Gasteiger partial charge is 0.434 e. The molecule has 0 atom stereocenters. The van der Waals surface area contributed by atoms with Gasteiger partial charge in [-0.2, -0.15) is 0 Å². The predicted molar refractivity (Wildman–Crippen MR) is 62.1 cm³/mol. The van der Waals surface area contributed by atoms with E-state index < -0.39 is 5.76 Å². The SMILES string of the molecule is O=c1[nH]nc(-c2c[nH]c3cccc(Br)c23)o1. The molecule has 2 N–H and O–H groups in total. The Morgan fingerprint density at radius 2 is 2.25 bits per heavy atom. The minimum atomic E-state index is -0.559. The molecule has 2 aromatic heterocycles. The Kier molecular flexibility index (Phi) is 1.97. The molecule has 0 aliphatic rings. The third kappa shape index (κ3) is 1.30. The normalized spacial score (nSPS) is 11.1. The van der Waals surface area contributed by atoms with Crippen LogP contribution in [0.15, 0.2) is 38.1 Å². The number of H-pyrrole nitrogens is 2. The highest BCUT2D eigenvalue weighted by Crippen LogP contribution is 2.32. The van der Waals surface area contributed by atoms with E-state index in [2.05, 4.69) is 31.1 Å². The standard InChI is InChI=1S/C10H6BrN3O2/c11-6-2-1-3-7-8(6)5(4-12-7)9-13-14-10(15)16-9/h1-4,12H,(H,14,15). The summed E-state index contributed by atoms with van der Waals surface area (Å²) in [5.74, 6) is -0.278. The Morgan fingerprint density at radius 1 is 1.38 bits per heavy atom. The number of fused-ring (bicyclic) bond motifs is 1. The Bertz CT molecular complexity index is 710. The second kappa shape index (κ2) is 3.34. The Labute approximate surface area is 97.6 Å². The molecule has 80 valence electrons. The molecule has 5 nitrogen and oxygen atoms in total. The van der Waals surface area contributed by atoms with Crippen LogP contribution in [0.4, 0.5) is 0 Å². The number of nitrogens with zero attached hydrogens (tertiary/aromatic N) is 1. The maximum Gasteiger partial charge on any atom is 0.434 e. The molecule has 0 saturated heterocycles. The molecule has 0 bridgehead atoms. The van der Waals surface area contributed by atoms with Crippen LogP contribution in [0.2, 0.25) is 0 Å². The molecule has 3 aromatic rings. The van der Waals surface area contributed by atoms with E-state index in [9.17, 15) is 4.79 Å². The fraction of sp³-hybridized carbons (Fsp3) is 0. The van der Waals surface area contributed by atoms with Crippen LogP contribution in [0.1, 0.15) is 0 Å². The first-order valence-electron chi connectivity index (χ1n) is 4.57. The minimum absolute atomic E-state index is 0.281. The summed E-state index contributed by atoms with van der Waals surface area (Å²) in [5, 5.41) is 6.99. The maximum atomic E-state index is 10.9. The van der Waals surface area contributed by atoms with Crippen LogP contribution in [0.5, 0.6) is 0 Å². The molecular weight excluding hydrogens is 274 g/mol. The van der Waals surface area contributed by atoms with Crippen LogP contribution >= 0.6 is 15.9 Å². The van der Waals surface area contributed by atoms with Gasteiger partial charge in [0.15, 0.2) is 0 Å². The summed E-state index contributed by atoms with van der Waals surface area (Å²) in [7, 11) is 0. The minimum Gasteiger partial charge on any atom is -0.388 e. The molecule has 6 heteroatoms. The summed E-state index contributed by atoms with van der Waals surface area (Å²) in [6.07, 6.45) is 1.76. The molecular formula is C10H6BrN3O2. The van der Waals surface area contributed by atoms with Crippen molar-refractivity contribution in [2.45, 2.75) is 0 Å². The highest BCUT2D eigenvalue weighted by molar-refractivity contribution is 9.10. The summed E-state index contributed by atoms with van der Waals surface area (Å²) in [5.41, 5.74) is 1.70. The van der Waals surface area contributed by atoms with Gasteiger partial charge in [-0.25, -0.2) is 9.89 Å². The number of hydrogen-bond acceptors (Lipinski definition) is 3. The van der Waals surface area contributed by atoms with Crippen molar-refractivity contribution in [2.24, 2.45) is 0 Å². The molecule has 0 fully saturated rings. The summed E-state index contributed by atoms with van der Waals surface area (Å²) < 4.78 is 5.85. The highest BCUT2D eigenvalue weighted by atomic mass is 79.9. The smallest absolute Gasteiger partial charge is 0.388 e. The summed E-state index contributed by atoms with van der Waals surface area (Å²) in [6.45, 7) is 0. The van der Waals surface area contributed by atoms with E-state index in [0.29, 0.717) is 0 Å². The molecule has 0 spiro atoms. The topological polar surface area (TPSA) is 74.7 Å². The summed E-state index contributed by atoms with van der Waals surface area (Å²) >= 11 is 3.45. The van der Waals surface area contributed by atoms with Crippen molar-refractivity contribution in [2.75, 3.05) is 0 Å². The third-order valence-corrected chi connectivity index (χ3v) is 2.98.